The van der Waals surface area contributed by atoms with Crippen molar-refractivity contribution in [1.82, 2.24) is 0 Å². The highest BCUT2D eigenvalue weighted by Crippen LogP contribution is 2.36. The van der Waals surface area contributed by atoms with Crippen LogP contribution in [0.3, 0.4) is 0 Å². The summed E-state index contributed by atoms with van der Waals surface area (Å²) in [7, 11) is 0. The molecule has 2 rings (SSSR count). The quantitative estimate of drug-likeness (QED) is 0.504. The Balaban J connectivity index is 2.17. The highest BCUT2D eigenvalue weighted by molar-refractivity contribution is 5.87. The normalized spacial score (nSPS) is 46.1. The molecule has 0 aromatic rings. The lowest BCUT2D eigenvalue weighted by Crippen LogP contribution is -2.15. The molecule has 1 heterocycles. The third-order valence-corrected chi connectivity index (χ3v) is 2.60. The van der Waals surface area contributed by atoms with Crippen molar-refractivity contribution in [3.8, 4) is 0 Å². The molecule has 0 aromatic carbocycles. The number of fused-ring (bicyclic) bond motifs is 1. The van der Waals surface area contributed by atoms with E-state index in [0.29, 0.717) is 5.78 Å². The fourth-order valence-corrected chi connectivity index (χ4v) is 2.05. The number of hydrogen-bond acceptors (Lipinski definition) is 2. The molecule has 56 valence electrons. The van der Waals surface area contributed by atoms with Gasteiger partial charge in [-0.1, -0.05) is 6.42 Å². The third-order valence-electron chi connectivity index (χ3n) is 2.60. The number of Topliss-reactive ketones (excluding diaryl/α,β-unsaturated/α-hetero) is 1. The zero-order chi connectivity index (χ0) is 7.14. The van der Waals surface area contributed by atoms with Crippen LogP contribution in [0.4, 0.5) is 0 Å². The second-order valence-corrected chi connectivity index (χ2v) is 3.26. The molecular weight excluding hydrogens is 128 g/mol. The molecular formula is C8H12O2. The molecule has 0 spiro atoms. The first-order valence-corrected chi connectivity index (χ1v) is 3.98. The summed E-state index contributed by atoms with van der Waals surface area (Å²) in [6.07, 6.45) is 3.50. The first kappa shape index (κ1) is 6.35. The van der Waals surface area contributed by atoms with Crippen LogP contribution in [0.1, 0.15) is 26.2 Å². The third kappa shape index (κ3) is 0.717. The summed E-state index contributed by atoms with van der Waals surface area (Å²) in [4.78, 5) is 11.3. The standard InChI is InChI=1S/C8H12O2/c1-5-8(9)6-3-2-4-7(6)10-5/h5-7H,2-4H2,1H3/t5-,6-,7+/m0/s1. The van der Waals surface area contributed by atoms with E-state index in [2.05, 4.69) is 0 Å². The van der Waals surface area contributed by atoms with E-state index in [1.807, 2.05) is 6.92 Å². The van der Waals surface area contributed by atoms with Crippen LogP contribution in [0, 0.1) is 5.92 Å². The Morgan fingerprint density at radius 1 is 1.50 bits per heavy atom. The van der Waals surface area contributed by atoms with Crippen LogP contribution >= 0.6 is 0 Å². The number of carbonyl (C=O) groups excluding carboxylic acids is 1. The molecule has 1 saturated heterocycles. The molecule has 0 aromatic heterocycles. The smallest absolute Gasteiger partial charge is 0.166 e. The molecule has 1 aliphatic carbocycles. The van der Waals surface area contributed by atoms with Gasteiger partial charge in [0.1, 0.15) is 6.10 Å². The lowest BCUT2D eigenvalue weighted by atomic mass is 10.0. The minimum atomic E-state index is -0.115. The van der Waals surface area contributed by atoms with Gasteiger partial charge in [-0.25, -0.2) is 0 Å². The molecule has 2 heteroatoms. The van der Waals surface area contributed by atoms with E-state index in [0.717, 1.165) is 12.8 Å². The fourth-order valence-electron chi connectivity index (χ4n) is 2.05. The van der Waals surface area contributed by atoms with E-state index >= 15 is 0 Å². The van der Waals surface area contributed by atoms with Gasteiger partial charge in [-0.15, -0.1) is 0 Å². The lowest BCUT2D eigenvalue weighted by Gasteiger charge is -2.04. The Morgan fingerprint density at radius 3 is 3.00 bits per heavy atom. The van der Waals surface area contributed by atoms with E-state index in [-0.39, 0.29) is 18.1 Å². The van der Waals surface area contributed by atoms with Crippen LogP contribution in [0.5, 0.6) is 0 Å². The molecule has 2 nitrogen and oxygen atoms in total. The summed E-state index contributed by atoms with van der Waals surface area (Å²) in [5.74, 6) is 0.595. The second-order valence-electron chi connectivity index (χ2n) is 3.26. The van der Waals surface area contributed by atoms with Crippen molar-refractivity contribution < 1.29 is 9.53 Å². The monoisotopic (exact) mass is 140 g/mol. The van der Waals surface area contributed by atoms with Crippen molar-refractivity contribution in [1.29, 1.82) is 0 Å². The molecule has 3 atom stereocenters. The van der Waals surface area contributed by atoms with Gasteiger partial charge in [-0.2, -0.15) is 0 Å². The Labute approximate surface area is 60.6 Å². The molecule has 1 saturated carbocycles. The minimum Gasteiger partial charge on any atom is -0.367 e. The molecule has 2 fully saturated rings. The molecule has 10 heavy (non-hydrogen) atoms. The molecule has 0 unspecified atom stereocenters. The second kappa shape index (κ2) is 2.06. The largest absolute Gasteiger partial charge is 0.367 e. The number of ketones is 1. The van der Waals surface area contributed by atoms with Crippen molar-refractivity contribution in [2.45, 2.75) is 38.4 Å². The molecule has 0 amide bonds. The van der Waals surface area contributed by atoms with Gasteiger partial charge in [0.25, 0.3) is 0 Å². The van der Waals surface area contributed by atoms with Crippen LogP contribution in [0.15, 0.2) is 0 Å². The number of rotatable bonds is 0. The van der Waals surface area contributed by atoms with E-state index in [9.17, 15) is 4.79 Å². The average Bonchev–Trinajstić information content (AvgIpc) is 2.41. The molecule has 1 aliphatic heterocycles. The summed E-state index contributed by atoms with van der Waals surface area (Å²) in [6.45, 7) is 1.86. The zero-order valence-electron chi connectivity index (χ0n) is 6.17. The van der Waals surface area contributed by atoms with Crippen molar-refractivity contribution >= 4 is 5.78 Å². The van der Waals surface area contributed by atoms with Gasteiger partial charge in [0.05, 0.1) is 6.10 Å². The van der Waals surface area contributed by atoms with Gasteiger partial charge in [0, 0.05) is 5.92 Å². The lowest BCUT2D eigenvalue weighted by molar-refractivity contribution is -0.124. The summed E-state index contributed by atoms with van der Waals surface area (Å²) < 4.78 is 5.45. The van der Waals surface area contributed by atoms with Crippen molar-refractivity contribution in [2.24, 2.45) is 5.92 Å². The van der Waals surface area contributed by atoms with Gasteiger partial charge in [-0.05, 0) is 19.8 Å². The Morgan fingerprint density at radius 2 is 2.30 bits per heavy atom. The summed E-state index contributed by atoms with van der Waals surface area (Å²) in [5.41, 5.74) is 0. The maximum absolute atomic E-state index is 11.3. The van der Waals surface area contributed by atoms with Crippen LogP contribution in [0.2, 0.25) is 0 Å². The summed E-state index contributed by atoms with van der Waals surface area (Å²) in [5, 5.41) is 0. The van der Waals surface area contributed by atoms with Crippen LogP contribution < -0.4 is 0 Å². The van der Waals surface area contributed by atoms with Crippen molar-refractivity contribution in [2.75, 3.05) is 0 Å². The molecule has 0 bridgehead atoms. The number of carbonyl (C=O) groups is 1. The molecule has 2 aliphatic rings. The highest BCUT2D eigenvalue weighted by Gasteiger charge is 2.43. The predicted molar refractivity (Wildman–Crippen MR) is 36.7 cm³/mol. The van der Waals surface area contributed by atoms with E-state index in [1.165, 1.54) is 6.42 Å². The Hall–Kier alpha value is -0.370. The maximum Gasteiger partial charge on any atom is 0.166 e. The average molecular weight is 140 g/mol. The minimum absolute atomic E-state index is 0.115. The first-order valence-electron chi connectivity index (χ1n) is 3.98. The van der Waals surface area contributed by atoms with Gasteiger partial charge in [-0.3, -0.25) is 4.79 Å². The van der Waals surface area contributed by atoms with E-state index in [4.69, 9.17) is 4.74 Å². The van der Waals surface area contributed by atoms with Crippen LogP contribution in [0.25, 0.3) is 0 Å². The molecule has 0 radical (unpaired) electrons. The zero-order valence-corrected chi connectivity index (χ0v) is 6.17. The van der Waals surface area contributed by atoms with E-state index in [1.54, 1.807) is 0 Å². The summed E-state index contributed by atoms with van der Waals surface area (Å²) >= 11 is 0. The SMILES string of the molecule is C[C@@H]1O[C@@H]2CCC[C@@H]2C1=O. The van der Waals surface area contributed by atoms with Gasteiger partial charge >= 0.3 is 0 Å². The number of hydrogen-bond donors (Lipinski definition) is 0. The van der Waals surface area contributed by atoms with Crippen molar-refractivity contribution in [3.05, 3.63) is 0 Å². The van der Waals surface area contributed by atoms with E-state index < -0.39 is 0 Å². The maximum atomic E-state index is 11.3. The Bertz CT molecular complexity index is 165. The van der Waals surface area contributed by atoms with Crippen LogP contribution in [-0.2, 0) is 9.53 Å². The van der Waals surface area contributed by atoms with Gasteiger partial charge < -0.3 is 4.74 Å². The van der Waals surface area contributed by atoms with Crippen LogP contribution in [-0.4, -0.2) is 18.0 Å². The number of ether oxygens (including phenoxy) is 1. The van der Waals surface area contributed by atoms with Gasteiger partial charge in [0.15, 0.2) is 5.78 Å². The topological polar surface area (TPSA) is 26.3 Å². The van der Waals surface area contributed by atoms with Gasteiger partial charge in [0.2, 0.25) is 0 Å². The summed E-state index contributed by atoms with van der Waals surface area (Å²) in [6, 6.07) is 0. The molecule has 0 N–H and O–H groups in total. The van der Waals surface area contributed by atoms with Crippen molar-refractivity contribution in [3.63, 3.8) is 0 Å². The fraction of sp³-hybridized carbons (Fsp3) is 0.875. The first-order chi connectivity index (χ1) is 4.79. The Kier molecular flexibility index (Phi) is 1.31. The highest BCUT2D eigenvalue weighted by atomic mass is 16.5. The predicted octanol–water partition coefficient (Wildman–Crippen LogP) is 1.14.